The number of rotatable bonds is 4. The molecule has 0 aromatic carbocycles. The molecule has 2 rings (SSSR count). The van der Waals surface area contributed by atoms with Gasteiger partial charge in [-0.25, -0.2) is 0 Å². The Kier molecular flexibility index (Phi) is 3.72. The van der Waals surface area contributed by atoms with Crippen LogP contribution < -0.4 is 5.32 Å². The summed E-state index contributed by atoms with van der Waals surface area (Å²) < 4.78 is 2.15. The summed E-state index contributed by atoms with van der Waals surface area (Å²) in [7, 11) is 0. The molecule has 4 heteroatoms. The molecule has 16 heavy (non-hydrogen) atoms. The molecule has 0 saturated carbocycles. The summed E-state index contributed by atoms with van der Waals surface area (Å²) in [6.07, 6.45) is 5.51. The van der Waals surface area contributed by atoms with Crippen LogP contribution in [0.1, 0.15) is 24.5 Å². The zero-order valence-corrected chi connectivity index (χ0v) is 9.95. The molecule has 0 bridgehead atoms. The van der Waals surface area contributed by atoms with Crippen LogP contribution in [-0.2, 0) is 13.0 Å². The molecule has 1 aliphatic rings. The lowest BCUT2D eigenvalue weighted by molar-refractivity contribution is 0.367. The van der Waals surface area contributed by atoms with Crippen LogP contribution in [0.4, 0.5) is 0 Å². The van der Waals surface area contributed by atoms with Crippen molar-refractivity contribution in [2.24, 2.45) is 5.92 Å². The number of piperidine rings is 1. The first kappa shape index (κ1) is 11.3. The molecule has 0 aliphatic carbocycles. The Bertz CT molecular complexity index is 350. The summed E-state index contributed by atoms with van der Waals surface area (Å²) in [6, 6.07) is 0. The number of nitrogens with zero attached hydrogens (tertiary/aromatic N) is 3. The second-order valence-electron chi connectivity index (χ2n) is 4.48. The van der Waals surface area contributed by atoms with E-state index in [1.54, 1.807) is 0 Å². The highest BCUT2D eigenvalue weighted by molar-refractivity contribution is 4.98. The van der Waals surface area contributed by atoms with E-state index in [9.17, 15) is 0 Å². The van der Waals surface area contributed by atoms with E-state index in [1.807, 2.05) is 13.0 Å². The highest BCUT2D eigenvalue weighted by Crippen LogP contribution is 2.15. The van der Waals surface area contributed by atoms with Gasteiger partial charge in [-0.1, -0.05) is 6.08 Å². The van der Waals surface area contributed by atoms with Crippen LogP contribution >= 0.6 is 0 Å². The molecular formula is C12H20N4. The highest BCUT2D eigenvalue weighted by Gasteiger charge is 2.17. The van der Waals surface area contributed by atoms with Gasteiger partial charge in [0.05, 0.1) is 0 Å². The van der Waals surface area contributed by atoms with Crippen molar-refractivity contribution >= 4 is 0 Å². The van der Waals surface area contributed by atoms with Gasteiger partial charge < -0.3 is 9.88 Å². The highest BCUT2D eigenvalue weighted by atomic mass is 15.3. The molecule has 1 saturated heterocycles. The molecule has 1 aliphatic heterocycles. The predicted octanol–water partition coefficient (Wildman–Crippen LogP) is 1.31. The van der Waals surface area contributed by atoms with Gasteiger partial charge in [-0.3, -0.25) is 0 Å². The maximum atomic E-state index is 4.27. The normalized spacial score (nSPS) is 20.9. The Morgan fingerprint density at radius 2 is 2.44 bits per heavy atom. The molecule has 0 amide bonds. The van der Waals surface area contributed by atoms with Crippen molar-refractivity contribution in [1.29, 1.82) is 0 Å². The van der Waals surface area contributed by atoms with Gasteiger partial charge in [0.15, 0.2) is 0 Å². The molecule has 0 radical (unpaired) electrons. The first-order valence-electron chi connectivity index (χ1n) is 6.01. The fourth-order valence-corrected chi connectivity index (χ4v) is 2.30. The fraction of sp³-hybridized carbons (Fsp3) is 0.667. The Labute approximate surface area is 96.8 Å². The molecule has 1 aromatic rings. The second kappa shape index (κ2) is 5.25. The molecule has 2 heterocycles. The molecule has 1 fully saturated rings. The number of allylic oxidation sites excluding steroid dienone is 1. The summed E-state index contributed by atoms with van der Waals surface area (Å²) >= 11 is 0. The number of nitrogens with one attached hydrogen (secondary N) is 1. The van der Waals surface area contributed by atoms with Crippen molar-refractivity contribution in [3.63, 3.8) is 0 Å². The number of aromatic nitrogens is 3. The summed E-state index contributed by atoms with van der Waals surface area (Å²) in [4.78, 5) is 0. The fourth-order valence-electron chi connectivity index (χ4n) is 2.30. The summed E-state index contributed by atoms with van der Waals surface area (Å²) in [5.41, 5.74) is 0. The SMILES string of the molecule is C=CCn1c(C)nnc1CC1CCCNC1. The van der Waals surface area contributed by atoms with E-state index in [0.29, 0.717) is 5.92 Å². The van der Waals surface area contributed by atoms with Crippen LogP contribution in [0.5, 0.6) is 0 Å². The van der Waals surface area contributed by atoms with Gasteiger partial charge in [-0.15, -0.1) is 16.8 Å². The van der Waals surface area contributed by atoms with Crippen LogP contribution in [0, 0.1) is 12.8 Å². The maximum Gasteiger partial charge on any atom is 0.133 e. The molecule has 1 N–H and O–H groups in total. The third-order valence-corrected chi connectivity index (χ3v) is 3.19. The summed E-state index contributed by atoms with van der Waals surface area (Å²) in [5, 5.41) is 11.8. The van der Waals surface area contributed by atoms with Crippen molar-refractivity contribution in [3.8, 4) is 0 Å². The third-order valence-electron chi connectivity index (χ3n) is 3.19. The minimum absolute atomic E-state index is 0.709. The zero-order chi connectivity index (χ0) is 11.4. The van der Waals surface area contributed by atoms with Crippen LogP contribution in [-0.4, -0.2) is 27.9 Å². The Balaban J connectivity index is 2.04. The molecule has 1 aromatic heterocycles. The van der Waals surface area contributed by atoms with E-state index in [1.165, 1.54) is 12.8 Å². The molecule has 4 nitrogen and oxygen atoms in total. The minimum Gasteiger partial charge on any atom is -0.316 e. The topological polar surface area (TPSA) is 42.7 Å². The van der Waals surface area contributed by atoms with Crippen molar-refractivity contribution in [1.82, 2.24) is 20.1 Å². The molecular weight excluding hydrogens is 200 g/mol. The van der Waals surface area contributed by atoms with E-state index in [0.717, 1.165) is 37.7 Å². The largest absolute Gasteiger partial charge is 0.316 e. The predicted molar refractivity (Wildman–Crippen MR) is 64.3 cm³/mol. The number of aryl methyl sites for hydroxylation is 1. The van der Waals surface area contributed by atoms with Crippen LogP contribution in [0.25, 0.3) is 0 Å². The standard InChI is InChI=1S/C12H20N4/c1-3-7-16-10(2)14-15-12(16)8-11-5-4-6-13-9-11/h3,11,13H,1,4-9H2,2H3. The lowest BCUT2D eigenvalue weighted by atomic mass is 9.96. The first-order chi connectivity index (χ1) is 7.81. The zero-order valence-electron chi connectivity index (χ0n) is 9.95. The molecule has 88 valence electrons. The van der Waals surface area contributed by atoms with E-state index in [4.69, 9.17) is 0 Å². The summed E-state index contributed by atoms with van der Waals surface area (Å²) in [6.45, 7) is 8.86. The molecule has 0 spiro atoms. The average molecular weight is 220 g/mol. The van der Waals surface area contributed by atoms with E-state index >= 15 is 0 Å². The van der Waals surface area contributed by atoms with Crippen molar-refractivity contribution in [2.75, 3.05) is 13.1 Å². The minimum atomic E-state index is 0.709. The second-order valence-corrected chi connectivity index (χ2v) is 4.48. The van der Waals surface area contributed by atoms with Crippen LogP contribution in [0.15, 0.2) is 12.7 Å². The van der Waals surface area contributed by atoms with Crippen LogP contribution in [0.3, 0.4) is 0 Å². The Hall–Kier alpha value is -1.16. The van der Waals surface area contributed by atoms with E-state index in [-0.39, 0.29) is 0 Å². The van der Waals surface area contributed by atoms with Crippen LogP contribution in [0.2, 0.25) is 0 Å². The van der Waals surface area contributed by atoms with Gasteiger partial charge in [-0.2, -0.15) is 0 Å². The van der Waals surface area contributed by atoms with Gasteiger partial charge >= 0.3 is 0 Å². The lowest BCUT2D eigenvalue weighted by Crippen LogP contribution is -2.31. The van der Waals surface area contributed by atoms with Gasteiger partial charge in [0.2, 0.25) is 0 Å². The lowest BCUT2D eigenvalue weighted by Gasteiger charge is -2.22. The summed E-state index contributed by atoms with van der Waals surface area (Å²) in [5.74, 6) is 2.80. The average Bonchev–Trinajstić information content (AvgIpc) is 2.64. The Morgan fingerprint density at radius 3 is 3.12 bits per heavy atom. The quantitative estimate of drug-likeness (QED) is 0.778. The van der Waals surface area contributed by atoms with Gasteiger partial charge in [0.25, 0.3) is 0 Å². The van der Waals surface area contributed by atoms with Crippen molar-refractivity contribution in [2.45, 2.75) is 32.7 Å². The van der Waals surface area contributed by atoms with Gasteiger partial charge in [0, 0.05) is 13.0 Å². The van der Waals surface area contributed by atoms with Crippen molar-refractivity contribution in [3.05, 3.63) is 24.3 Å². The monoisotopic (exact) mass is 220 g/mol. The molecule has 1 unspecified atom stereocenters. The van der Waals surface area contributed by atoms with Gasteiger partial charge in [0.1, 0.15) is 11.6 Å². The third kappa shape index (κ3) is 2.50. The maximum absolute atomic E-state index is 4.27. The first-order valence-corrected chi connectivity index (χ1v) is 6.01. The molecule has 1 atom stereocenters. The van der Waals surface area contributed by atoms with E-state index in [2.05, 4.69) is 26.7 Å². The number of hydrogen-bond acceptors (Lipinski definition) is 3. The van der Waals surface area contributed by atoms with E-state index < -0.39 is 0 Å². The number of hydrogen-bond donors (Lipinski definition) is 1. The van der Waals surface area contributed by atoms with Crippen molar-refractivity contribution < 1.29 is 0 Å². The Morgan fingerprint density at radius 1 is 1.56 bits per heavy atom. The smallest absolute Gasteiger partial charge is 0.133 e. The van der Waals surface area contributed by atoms with Gasteiger partial charge in [-0.05, 0) is 38.8 Å².